The highest BCUT2D eigenvalue weighted by Gasteiger charge is 2.51. The molecule has 2 rings (SSSR count). The molecule has 0 aliphatic carbocycles. The van der Waals surface area contributed by atoms with Crippen molar-refractivity contribution in [2.24, 2.45) is 5.92 Å². The zero-order valence-corrected chi connectivity index (χ0v) is 13.9. The Labute approximate surface area is 137 Å². The summed E-state index contributed by atoms with van der Waals surface area (Å²) in [7, 11) is 0. The van der Waals surface area contributed by atoms with Gasteiger partial charge in [0.15, 0.2) is 0 Å². The molecule has 2 unspecified atom stereocenters. The first-order valence-corrected chi connectivity index (χ1v) is 8.77. The molecule has 1 aliphatic rings. The molecule has 1 fully saturated rings. The second-order valence-electron chi connectivity index (χ2n) is 6.44. The SMILES string of the molecule is CCCCCCCCC1C(=O)N(Cc2ccccc2)C1C(F)F. The number of nitrogens with zero attached hydrogens (tertiary/aromatic N) is 1. The molecule has 0 radical (unpaired) electrons. The number of benzene rings is 1. The first-order valence-electron chi connectivity index (χ1n) is 8.77. The largest absolute Gasteiger partial charge is 0.329 e. The van der Waals surface area contributed by atoms with Gasteiger partial charge in [-0.05, 0) is 12.0 Å². The van der Waals surface area contributed by atoms with Crippen molar-refractivity contribution in [1.29, 1.82) is 0 Å². The van der Waals surface area contributed by atoms with Crippen LogP contribution in [0.1, 0.15) is 57.4 Å². The Morgan fingerprint density at radius 2 is 1.70 bits per heavy atom. The summed E-state index contributed by atoms with van der Waals surface area (Å²) in [6.07, 6.45) is 4.83. The predicted octanol–water partition coefficient (Wildman–Crippen LogP) is 5.03. The molecule has 2 atom stereocenters. The summed E-state index contributed by atoms with van der Waals surface area (Å²) in [4.78, 5) is 13.6. The Morgan fingerprint density at radius 3 is 2.35 bits per heavy atom. The number of likely N-dealkylation sites (tertiary alicyclic amines) is 1. The number of hydrogen-bond acceptors (Lipinski definition) is 1. The van der Waals surface area contributed by atoms with Crippen LogP contribution in [0, 0.1) is 5.92 Å². The number of β-lactam (4-membered cyclic amide) rings is 1. The van der Waals surface area contributed by atoms with Crippen molar-refractivity contribution < 1.29 is 13.6 Å². The van der Waals surface area contributed by atoms with Gasteiger partial charge in [-0.3, -0.25) is 4.79 Å². The van der Waals surface area contributed by atoms with E-state index in [1.54, 1.807) is 0 Å². The first-order chi connectivity index (χ1) is 11.1. The lowest BCUT2D eigenvalue weighted by atomic mass is 9.82. The number of alkyl halides is 2. The summed E-state index contributed by atoms with van der Waals surface area (Å²) in [5.41, 5.74) is 0.907. The Hall–Kier alpha value is -1.45. The van der Waals surface area contributed by atoms with Crippen molar-refractivity contribution in [3.8, 4) is 0 Å². The van der Waals surface area contributed by atoms with Crippen LogP contribution < -0.4 is 0 Å². The van der Waals surface area contributed by atoms with Gasteiger partial charge in [0.1, 0.15) is 6.04 Å². The highest BCUT2D eigenvalue weighted by molar-refractivity contribution is 5.86. The number of unbranched alkanes of at least 4 members (excludes halogenated alkanes) is 5. The van der Waals surface area contributed by atoms with E-state index >= 15 is 0 Å². The monoisotopic (exact) mass is 323 g/mol. The van der Waals surface area contributed by atoms with Crippen molar-refractivity contribution in [3.05, 3.63) is 35.9 Å². The minimum atomic E-state index is -2.46. The van der Waals surface area contributed by atoms with Crippen molar-refractivity contribution in [3.63, 3.8) is 0 Å². The number of hydrogen-bond donors (Lipinski definition) is 0. The fraction of sp³-hybridized carbons (Fsp3) is 0.632. The number of rotatable bonds is 10. The van der Waals surface area contributed by atoms with E-state index in [0.29, 0.717) is 13.0 Å². The van der Waals surface area contributed by atoms with E-state index in [0.717, 1.165) is 24.8 Å². The van der Waals surface area contributed by atoms with Crippen LogP contribution in [0.25, 0.3) is 0 Å². The van der Waals surface area contributed by atoms with E-state index in [9.17, 15) is 13.6 Å². The summed E-state index contributed by atoms with van der Waals surface area (Å²) < 4.78 is 26.7. The standard InChI is InChI=1S/C19H27F2NO/c1-2-3-4-5-6-10-13-16-17(18(20)21)22(19(16)23)14-15-11-8-7-9-12-15/h7-9,11-12,16-18H,2-6,10,13-14H2,1H3. The van der Waals surface area contributed by atoms with E-state index in [2.05, 4.69) is 6.92 Å². The van der Waals surface area contributed by atoms with E-state index < -0.39 is 18.4 Å². The maximum absolute atomic E-state index is 13.3. The number of carbonyl (C=O) groups is 1. The average Bonchev–Trinajstić information content (AvgIpc) is 2.55. The summed E-state index contributed by atoms with van der Waals surface area (Å²) >= 11 is 0. The van der Waals surface area contributed by atoms with Gasteiger partial charge in [0, 0.05) is 6.54 Å². The van der Waals surface area contributed by atoms with Gasteiger partial charge < -0.3 is 4.90 Å². The maximum atomic E-state index is 13.3. The van der Waals surface area contributed by atoms with Gasteiger partial charge >= 0.3 is 0 Å². The minimum absolute atomic E-state index is 0.104. The Morgan fingerprint density at radius 1 is 1.04 bits per heavy atom. The zero-order valence-electron chi connectivity index (χ0n) is 13.9. The summed E-state index contributed by atoms with van der Waals surface area (Å²) in [5.74, 6) is -0.586. The molecule has 0 spiro atoms. The molecule has 0 aromatic heterocycles. The Kier molecular flexibility index (Phi) is 7.00. The molecule has 1 heterocycles. The summed E-state index contributed by atoms with van der Waals surface area (Å²) in [6, 6.07) is 8.45. The second kappa shape index (κ2) is 8.99. The lowest BCUT2D eigenvalue weighted by Crippen LogP contribution is -2.63. The van der Waals surface area contributed by atoms with Crippen LogP contribution in [-0.4, -0.2) is 23.3 Å². The van der Waals surface area contributed by atoms with Crippen LogP contribution in [0.3, 0.4) is 0 Å². The molecule has 1 aromatic rings. The van der Waals surface area contributed by atoms with Gasteiger partial charge in [-0.15, -0.1) is 0 Å². The van der Waals surface area contributed by atoms with E-state index in [-0.39, 0.29) is 5.91 Å². The van der Waals surface area contributed by atoms with Gasteiger partial charge in [0.05, 0.1) is 5.92 Å². The van der Waals surface area contributed by atoms with Crippen molar-refractivity contribution >= 4 is 5.91 Å². The highest BCUT2D eigenvalue weighted by atomic mass is 19.3. The molecule has 0 bridgehead atoms. The van der Waals surface area contributed by atoms with Crippen LogP contribution in [-0.2, 0) is 11.3 Å². The van der Waals surface area contributed by atoms with Crippen LogP contribution in [0.4, 0.5) is 8.78 Å². The third-order valence-corrected chi connectivity index (χ3v) is 4.70. The van der Waals surface area contributed by atoms with Crippen LogP contribution >= 0.6 is 0 Å². The van der Waals surface area contributed by atoms with Crippen LogP contribution in [0.15, 0.2) is 30.3 Å². The highest BCUT2D eigenvalue weighted by Crippen LogP contribution is 2.36. The van der Waals surface area contributed by atoms with E-state index in [1.165, 1.54) is 24.2 Å². The maximum Gasteiger partial charge on any atom is 0.259 e. The van der Waals surface area contributed by atoms with Crippen LogP contribution in [0.5, 0.6) is 0 Å². The molecule has 23 heavy (non-hydrogen) atoms. The Bertz CT molecular complexity index is 478. The molecular formula is C19H27F2NO. The number of halogens is 2. The summed E-state index contributed by atoms with van der Waals surface area (Å²) in [6.45, 7) is 2.46. The summed E-state index contributed by atoms with van der Waals surface area (Å²) in [5, 5.41) is 0. The third-order valence-electron chi connectivity index (χ3n) is 4.70. The minimum Gasteiger partial charge on any atom is -0.329 e. The lowest BCUT2D eigenvalue weighted by Gasteiger charge is -2.47. The molecule has 0 saturated carbocycles. The average molecular weight is 323 g/mol. The van der Waals surface area contributed by atoms with Crippen molar-refractivity contribution in [2.45, 2.75) is 70.9 Å². The number of amides is 1. The Balaban J connectivity index is 1.81. The quantitative estimate of drug-likeness (QED) is 0.437. The molecule has 4 heteroatoms. The molecule has 1 amide bonds. The normalized spacial score (nSPS) is 20.9. The smallest absolute Gasteiger partial charge is 0.259 e. The molecule has 1 aliphatic heterocycles. The lowest BCUT2D eigenvalue weighted by molar-refractivity contribution is -0.169. The van der Waals surface area contributed by atoms with Gasteiger partial charge in [-0.25, -0.2) is 8.78 Å². The zero-order chi connectivity index (χ0) is 16.7. The van der Waals surface area contributed by atoms with Gasteiger partial charge in [-0.2, -0.15) is 0 Å². The van der Waals surface area contributed by atoms with Crippen molar-refractivity contribution in [1.82, 2.24) is 4.90 Å². The molecular weight excluding hydrogens is 296 g/mol. The van der Waals surface area contributed by atoms with E-state index in [4.69, 9.17) is 0 Å². The number of carbonyl (C=O) groups excluding carboxylic acids is 1. The fourth-order valence-corrected chi connectivity index (χ4v) is 3.35. The topological polar surface area (TPSA) is 20.3 Å². The predicted molar refractivity (Wildman–Crippen MR) is 88.3 cm³/mol. The van der Waals surface area contributed by atoms with Gasteiger partial charge in [0.25, 0.3) is 6.43 Å². The van der Waals surface area contributed by atoms with Crippen molar-refractivity contribution in [2.75, 3.05) is 0 Å². The van der Waals surface area contributed by atoms with Gasteiger partial charge in [-0.1, -0.05) is 75.8 Å². The molecule has 1 saturated heterocycles. The second-order valence-corrected chi connectivity index (χ2v) is 6.44. The first kappa shape index (κ1) is 17.9. The third kappa shape index (κ3) is 4.76. The molecule has 128 valence electrons. The fourth-order valence-electron chi connectivity index (χ4n) is 3.35. The molecule has 1 aromatic carbocycles. The van der Waals surface area contributed by atoms with E-state index in [1.807, 2.05) is 30.3 Å². The van der Waals surface area contributed by atoms with Gasteiger partial charge in [0.2, 0.25) is 5.91 Å². The van der Waals surface area contributed by atoms with Crippen LogP contribution in [0.2, 0.25) is 0 Å². The molecule has 0 N–H and O–H groups in total. The molecule has 2 nitrogen and oxygen atoms in total.